The lowest BCUT2D eigenvalue weighted by Crippen LogP contribution is -2.20. The van der Waals surface area contributed by atoms with Crippen LogP contribution in [0.4, 0.5) is 0 Å². The zero-order valence-electron chi connectivity index (χ0n) is 8.42. The third-order valence-corrected chi connectivity index (χ3v) is 5.80. The molecule has 0 saturated heterocycles. The van der Waals surface area contributed by atoms with Crippen LogP contribution in [0.25, 0.3) is 10.2 Å². The molecule has 1 unspecified atom stereocenters. The molecule has 4 nitrogen and oxygen atoms in total. The first-order valence-corrected chi connectivity index (χ1v) is 7.51. The number of hydrogen-bond donors (Lipinski definition) is 0. The van der Waals surface area contributed by atoms with E-state index in [1.807, 2.05) is 0 Å². The molecule has 0 aliphatic heterocycles. The number of aromatic nitrogens is 2. The number of nitrogens with zero attached hydrogens (tertiary/aromatic N) is 2. The van der Waals surface area contributed by atoms with E-state index in [4.69, 9.17) is 11.6 Å². The number of alkyl halides is 1. The van der Waals surface area contributed by atoms with Gasteiger partial charge in [-0.05, 0) is 18.4 Å². The van der Waals surface area contributed by atoms with Gasteiger partial charge in [0.1, 0.15) is 11.2 Å². The van der Waals surface area contributed by atoms with E-state index in [2.05, 4.69) is 9.97 Å². The van der Waals surface area contributed by atoms with Crippen LogP contribution in [-0.2, 0) is 9.84 Å². The fraction of sp³-hybridized carbons (Fsp3) is 0.333. The number of halogens is 1. The first kappa shape index (κ1) is 11.8. The average Bonchev–Trinajstić information content (AvgIpc) is 2.75. The molecule has 0 bridgehead atoms. The molecule has 86 valence electrons. The minimum Gasteiger partial charge on any atom is -0.225 e. The van der Waals surface area contributed by atoms with Crippen molar-refractivity contribution in [3.05, 3.63) is 17.8 Å². The van der Waals surface area contributed by atoms with Gasteiger partial charge < -0.3 is 0 Å². The van der Waals surface area contributed by atoms with E-state index in [0.717, 1.165) is 0 Å². The number of fused-ring (bicyclic) bond motifs is 1. The Bertz CT molecular complexity index is 609. The zero-order chi connectivity index (χ0) is 11.8. The normalized spacial score (nSPS) is 14.1. The maximum absolute atomic E-state index is 12.1. The summed E-state index contributed by atoms with van der Waals surface area (Å²) < 4.78 is 24.2. The van der Waals surface area contributed by atoms with Crippen LogP contribution < -0.4 is 0 Å². The van der Waals surface area contributed by atoms with Crippen LogP contribution in [0.15, 0.2) is 22.8 Å². The van der Waals surface area contributed by atoms with Crippen molar-refractivity contribution in [1.29, 1.82) is 0 Å². The largest absolute Gasteiger partial charge is 0.225 e. The van der Waals surface area contributed by atoms with Crippen molar-refractivity contribution < 1.29 is 8.42 Å². The summed E-state index contributed by atoms with van der Waals surface area (Å²) >= 11 is 6.98. The Morgan fingerprint density at radius 3 is 2.94 bits per heavy atom. The lowest BCUT2D eigenvalue weighted by atomic mass is 10.4. The Morgan fingerprint density at radius 1 is 1.50 bits per heavy atom. The molecule has 2 aromatic heterocycles. The summed E-state index contributed by atoms with van der Waals surface area (Å²) in [5.74, 6) is 0.0535. The molecule has 16 heavy (non-hydrogen) atoms. The maximum atomic E-state index is 12.1. The quantitative estimate of drug-likeness (QED) is 0.636. The Morgan fingerprint density at radius 2 is 2.25 bits per heavy atom. The second-order valence-corrected chi connectivity index (χ2v) is 6.81. The van der Waals surface area contributed by atoms with Crippen LogP contribution in [0.3, 0.4) is 0 Å². The number of hydrogen-bond acceptors (Lipinski definition) is 5. The number of sulfone groups is 1. The summed E-state index contributed by atoms with van der Waals surface area (Å²) in [6, 6.07) is 1.72. The van der Waals surface area contributed by atoms with Crippen LogP contribution in [-0.4, -0.2) is 29.5 Å². The molecule has 2 heterocycles. The van der Waals surface area contributed by atoms with Gasteiger partial charge in [-0.15, -0.1) is 22.9 Å². The maximum Gasteiger partial charge on any atom is 0.200 e. The molecule has 0 aromatic carbocycles. The van der Waals surface area contributed by atoms with Crippen LogP contribution >= 0.6 is 22.9 Å². The Hall–Kier alpha value is -0.720. The summed E-state index contributed by atoms with van der Waals surface area (Å²) in [5, 5.41) is 1.80. The van der Waals surface area contributed by atoms with Gasteiger partial charge in [0.05, 0.1) is 5.25 Å². The molecule has 0 amide bonds. The average molecular weight is 277 g/mol. The van der Waals surface area contributed by atoms with E-state index < -0.39 is 15.1 Å². The van der Waals surface area contributed by atoms with E-state index in [-0.39, 0.29) is 10.9 Å². The van der Waals surface area contributed by atoms with Crippen LogP contribution in [0, 0.1) is 0 Å². The first-order chi connectivity index (χ1) is 7.57. The van der Waals surface area contributed by atoms with E-state index in [0.29, 0.717) is 10.2 Å². The molecule has 2 rings (SSSR count). The second-order valence-electron chi connectivity index (χ2n) is 3.33. The zero-order valence-corrected chi connectivity index (χ0v) is 10.8. The SMILES string of the molecule is CC(CCl)S(=O)(=O)c1ncnc2sccc12. The molecule has 1 atom stereocenters. The molecule has 2 aromatic rings. The lowest BCUT2D eigenvalue weighted by Gasteiger charge is -2.09. The topological polar surface area (TPSA) is 59.9 Å². The van der Waals surface area contributed by atoms with Gasteiger partial charge in [-0.3, -0.25) is 0 Å². The Labute approximate surface area is 102 Å². The van der Waals surface area contributed by atoms with Crippen LogP contribution in [0.2, 0.25) is 0 Å². The minimum absolute atomic E-state index is 0.0535. The van der Waals surface area contributed by atoms with Crippen molar-refractivity contribution in [2.45, 2.75) is 17.2 Å². The Balaban J connectivity index is 2.68. The van der Waals surface area contributed by atoms with E-state index in [1.54, 1.807) is 18.4 Å². The molecule has 0 spiro atoms. The van der Waals surface area contributed by atoms with Crippen molar-refractivity contribution in [3.63, 3.8) is 0 Å². The van der Waals surface area contributed by atoms with Crippen molar-refractivity contribution in [1.82, 2.24) is 9.97 Å². The molecule has 0 aliphatic rings. The molecular weight excluding hydrogens is 268 g/mol. The predicted molar refractivity (Wildman–Crippen MR) is 64.8 cm³/mol. The molecule has 0 saturated carbocycles. The van der Waals surface area contributed by atoms with Gasteiger partial charge in [0.2, 0.25) is 0 Å². The highest BCUT2D eigenvalue weighted by atomic mass is 35.5. The summed E-state index contributed by atoms with van der Waals surface area (Å²) in [5.41, 5.74) is 0. The molecule has 0 radical (unpaired) electrons. The van der Waals surface area contributed by atoms with Gasteiger partial charge in [0, 0.05) is 11.3 Å². The summed E-state index contributed by atoms with van der Waals surface area (Å²) in [6.07, 6.45) is 1.27. The van der Waals surface area contributed by atoms with Crippen molar-refractivity contribution in [2.75, 3.05) is 5.88 Å². The summed E-state index contributed by atoms with van der Waals surface area (Å²) in [6.45, 7) is 1.57. The third kappa shape index (κ3) is 1.81. The fourth-order valence-corrected chi connectivity index (χ4v) is 3.77. The molecule has 0 aliphatic carbocycles. The highest BCUT2D eigenvalue weighted by Gasteiger charge is 2.26. The molecule has 0 N–H and O–H groups in total. The van der Waals surface area contributed by atoms with Gasteiger partial charge in [0.25, 0.3) is 0 Å². The van der Waals surface area contributed by atoms with Gasteiger partial charge >= 0.3 is 0 Å². The number of thiophene rings is 1. The van der Waals surface area contributed by atoms with Crippen molar-refractivity contribution in [2.24, 2.45) is 0 Å². The summed E-state index contributed by atoms with van der Waals surface area (Å²) in [4.78, 5) is 8.56. The molecule has 7 heteroatoms. The predicted octanol–water partition coefficient (Wildman–Crippen LogP) is 2.09. The van der Waals surface area contributed by atoms with Gasteiger partial charge in [-0.1, -0.05) is 0 Å². The van der Waals surface area contributed by atoms with Crippen LogP contribution in [0.1, 0.15) is 6.92 Å². The van der Waals surface area contributed by atoms with E-state index >= 15 is 0 Å². The Kier molecular flexibility index (Phi) is 3.14. The first-order valence-electron chi connectivity index (χ1n) is 4.55. The number of rotatable bonds is 3. The summed E-state index contributed by atoms with van der Waals surface area (Å²) in [7, 11) is -3.46. The van der Waals surface area contributed by atoms with Gasteiger partial charge in [-0.2, -0.15) is 0 Å². The molecule has 0 fully saturated rings. The second kappa shape index (κ2) is 4.27. The standard InChI is InChI=1S/C9H9ClN2O2S2/c1-6(4-10)16(13,14)9-7-2-3-15-8(7)11-5-12-9/h2-3,5-6H,4H2,1H3. The van der Waals surface area contributed by atoms with Gasteiger partial charge in [-0.25, -0.2) is 18.4 Å². The molecular formula is C9H9ClN2O2S2. The lowest BCUT2D eigenvalue weighted by molar-refractivity contribution is 0.585. The minimum atomic E-state index is -3.46. The monoisotopic (exact) mass is 276 g/mol. The van der Waals surface area contributed by atoms with E-state index in [1.165, 1.54) is 17.7 Å². The highest BCUT2D eigenvalue weighted by Crippen LogP contribution is 2.26. The van der Waals surface area contributed by atoms with Crippen LogP contribution in [0.5, 0.6) is 0 Å². The fourth-order valence-electron chi connectivity index (χ4n) is 1.27. The highest BCUT2D eigenvalue weighted by molar-refractivity contribution is 7.92. The van der Waals surface area contributed by atoms with Crippen molar-refractivity contribution >= 4 is 43.0 Å². The third-order valence-electron chi connectivity index (χ3n) is 2.24. The van der Waals surface area contributed by atoms with E-state index in [9.17, 15) is 8.42 Å². The van der Waals surface area contributed by atoms with Crippen molar-refractivity contribution in [3.8, 4) is 0 Å². The smallest absolute Gasteiger partial charge is 0.200 e. The van der Waals surface area contributed by atoms with Gasteiger partial charge in [0.15, 0.2) is 14.9 Å².